The molecule has 0 bridgehead atoms. The van der Waals surface area contributed by atoms with Crippen LogP contribution in [0, 0.1) is 5.41 Å². The Balaban J connectivity index is 1.76. The molecule has 0 atom stereocenters. The summed E-state index contributed by atoms with van der Waals surface area (Å²) in [5, 5.41) is 10.5. The highest BCUT2D eigenvalue weighted by atomic mass is 32.2. The van der Waals surface area contributed by atoms with E-state index in [4.69, 9.17) is 11.1 Å². The van der Waals surface area contributed by atoms with Gasteiger partial charge in [0.25, 0.3) is 0 Å². The average Bonchev–Trinajstić information content (AvgIpc) is 2.79. The van der Waals surface area contributed by atoms with Crippen LogP contribution < -0.4 is 11.1 Å². The molecule has 0 aliphatic heterocycles. The summed E-state index contributed by atoms with van der Waals surface area (Å²) < 4.78 is 24.2. The number of nitrogens with two attached hydrogens (primary N) is 1. The lowest BCUT2D eigenvalue weighted by atomic mass is 10.1. The van der Waals surface area contributed by atoms with E-state index in [1.807, 2.05) is 25.1 Å². The second-order valence-electron chi connectivity index (χ2n) is 7.81. The van der Waals surface area contributed by atoms with Gasteiger partial charge in [-0.15, -0.1) is 0 Å². The normalized spacial score (nSPS) is 11.1. The quantitative estimate of drug-likeness (QED) is 0.336. The Kier molecular flexibility index (Phi) is 7.50. The molecule has 0 aliphatic carbocycles. The summed E-state index contributed by atoms with van der Waals surface area (Å²) in [4.78, 5) is 14.9. The number of nitrogens with zero attached hydrogens (tertiary/aromatic N) is 1. The summed E-state index contributed by atoms with van der Waals surface area (Å²) in [6.07, 6.45) is 1.98. The molecule has 0 fully saturated rings. The average molecular weight is 465 g/mol. The van der Waals surface area contributed by atoms with Gasteiger partial charge in [-0.2, -0.15) is 0 Å². The summed E-state index contributed by atoms with van der Waals surface area (Å²) in [6.45, 7) is 2.96. The minimum absolute atomic E-state index is 0.0131. The number of hydrogen-bond acceptors (Lipinski definition) is 4. The number of anilines is 1. The Morgan fingerprint density at radius 3 is 2.36 bits per heavy atom. The van der Waals surface area contributed by atoms with Gasteiger partial charge in [0.1, 0.15) is 5.84 Å². The van der Waals surface area contributed by atoms with Crippen molar-refractivity contribution >= 4 is 27.4 Å². The summed E-state index contributed by atoms with van der Waals surface area (Å²) in [6, 6.07) is 21.0. The monoisotopic (exact) mass is 464 g/mol. The number of amides is 2. The number of benzene rings is 3. The van der Waals surface area contributed by atoms with Gasteiger partial charge >= 0.3 is 6.03 Å². The van der Waals surface area contributed by atoms with Crippen LogP contribution in [-0.2, 0) is 16.4 Å². The molecule has 8 heteroatoms. The maximum absolute atomic E-state index is 12.9. The van der Waals surface area contributed by atoms with Crippen LogP contribution in [0.15, 0.2) is 77.7 Å². The maximum Gasteiger partial charge on any atom is 0.322 e. The van der Waals surface area contributed by atoms with Crippen molar-refractivity contribution in [3.63, 3.8) is 0 Å². The molecule has 3 rings (SSSR count). The number of carbonyl (C=O) groups excluding carboxylic acids is 1. The third kappa shape index (κ3) is 6.20. The van der Waals surface area contributed by atoms with Crippen molar-refractivity contribution in [2.75, 3.05) is 18.1 Å². The first kappa shape index (κ1) is 24.0. The van der Waals surface area contributed by atoms with E-state index in [1.54, 1.807) is 59.5 Å². The van der Waals surface area contributed by atoms with Gasteiger partial charge in [0.15, 0.2) is 9.84 Å². The molecular weight excluding hydrogens is 436 g/mol. The van der Waals surface area contributed by atoms with Crippen LogP contribution in [0.1, 0.15) is 24.5 Å². The predicted molar refractivity (Wildman–Crippen MR) is 132 cm³/mol. The number of sulfone groups is 1. The Morgan fingerprint density at radius 1 is 1.03 bits per heavy atom. The number of nitrogens with one attached hydrogen (secondary N) is 2. The number of hydrogen-bond donors (Lipinski definition) is 3. The van der Waals surface area contributed by atoms with Crippen molar-refractivity contribution in [2.24, 2.45) is 5.73 Å². The van der Waals surface area contributed by atoms with Gasteiger partial charge in [0, 0.05) is 36.2 Å². The van der Waals surface area contributed by atoms with E-state index in [1.165, 1.54) is 6.26 Å². The minimum Gasteiger partial charge on any atom is -0.384 e. The Labute approximate surface area is 194 Å². The molecular formula is C25H28N4O3S. The third-order valence-corrected chi connectivity index (χ3v) is 6.28. The molecule has 33 heavy (non-hydrogen) atoms. The highest BCUT2D eigenvalue weighted by molar-refractivity contribution is 7.90. The van der Waals surface area contributed by atoms with Gasteiger partial charge in [-0.3, -0.25) is 5.41 Å². The van der Waals surface area contributed by atoms with Gasteiger partial charge in [-0.05, 0) is 41.8 Å². The fraction of sp³-hybridized carbons (Fsp3) is 0.200. The fourth-order valence-corrected chi connectivity index (χ4v) is 4.46. The van der Waals surface area contributed by atoms with Crippen LogP contribution in [0.3, 0.4) is 0 Å². The first-order chi connectivity index (χ1) is 15.7. The largest absolute Gasteiger partial charge is 0.384 e. The first-order valence-corrected chi connectivity index (χ1v) is 12.5. The molecule has 2 amide bonds. The van der Waals surface area contributed by atoms with Crippen molar-refractivity contribution in [3.05, 3.63) is 83.9 Å². The first-order valence-electron chi connectivity index (χ1n) is 10.6. The van der Waals surface area contributed by atoms with Gasteiger partial charge in [0.05, 0.1) is 4.90 Å². The third-order valence-electron chi connectivity index (χ3n) is 5.13. The van der Waals surface area contributed by atoms with Crippen molar-refractivity contribution in [1.82, 2.24) is 4.90 Å². The summed E-state index contributed by atoms with van der Waals surface area (Å²) in [5.74, 6) is -0.0131. The van der Waals surface area contributed by atoms with Crippen molar-refractivity contribution in [1.29, 1.82) is 5.41 Å². The Hall–Kier alpha value is -3.65. The van der Waals surface area contributed by atoms with E-state index in [9.17, 15) is 13.2 Å². The number of rotatable bonds is 8. The predicted octanol–water partition coefficient (Wildman–Crippen LogP) is 4.49. The number of amidine groups is 1. The second-order valence-corrected chi connectivity index (χ2v) is 9.80. The SMILES string of the molecule is CCCN(Cc1cccc(C(=N)N)c1)C(=O)Nc1ccc(-c2ccccc2S(C)(=O)=O)cc1. The molecule has 7 nitrogen and oxygen atoms in total. The molecule has 172 valence electrons. The van der Waals surface area contributed by atoms with Gasteiger partial charge in [-0.1, -0.05) is 55.5 Å². The smallest absolute Gasteiger partial charge is 0.322 e. The Morgan fingerprint density at radius 2 is 1.73 bits per heavy atom. The van der Waals surface area contributed by atoms with E-state index >= 15 is 0 Å². The molecule has 0 saturated heterocycles. The zero-order chi connectivity index (χ0) is 24.0. The highest BCUT2D eigenvalue weighted by Crippen LogP contribution is 2.28. The lowest BCUT2D eigenvalue weighted by Gasteiger charge is -2.23. The number of urea groups is 1. The molecule has 0 unspecified atom stereocenters. The molecule has 4 N–H and O–H groups in total. The van der Waals surface area contributed by atoms with Crippen LogP contribution in [0.5, 0.6) is 0 Å². The topological polar surface area (TPSA) is 116 Å². The second kappa shape index (κ2) is 10.3. The summed E-state index contributed by atoms with van der Waals surface area (Å²) >= 11 is 0. The molecule has 0 aliphatic rings. The number of nitrogen functional groups attached to an aromatic ring is 1. The lowest BCUT2D eigenvalue weighted by molar-refractivity contribution is 0.209. The maximum atomic E-state index is 12.9. The van der Waals surface area contributed by atoms with Gasteiger partial charge in [0.2, 0.25) is 0 Å². The van der Waals surface area contributed by atoms with Gasteiger partial charge in [-0.25, -0.2) is 13.2 Å². The van der Waals surface area contributed by atoms with E-state index in [0.29, 0.717) is 29.9 Å². The van der Waals surface area contributed by atoms with E-state index in [-0.39, 0.29) is 16.8 Å². The standard InChI is InChI=1S/C25H28N4O3S/c1-3-15-29(17-18-7-6-8-20(16-18)24(26)27)25(30)28-21-13-11-19(12-14-21)22-9-4-5-10-23(22)33(2,31)32/h4-14,16H,3,15,17H2,1-2H3,(H3,26,27)(H,28,30). The van der Waals surface area contributed by atoms with Crippen LogP contribution in [0.4, 0.5) is 10.5 Å². The zero-order valence-electron chi connectivity index (χ0n) is 18.7. The van der Waals surface area contributed by atoms with Crippen molar-refractivity contribution in [2.45, 2.75) is 24.8 Å². The molecule has 0 saturated carbocycles. The highest BCUT2D eigenvalue weighted by Gasteiger charge is 2.16. The molecule has 0 spiro atoms. The molecule has 3 aromatic rings. The van der Waals surface area contributed by atoms with Crippen molar-refractivity contribution in [3.8, 4) is 11.1 Å². The molecule has 0 aromatic heterocycles. The Bertz CT molecular complexity index is 1250. The van der Waals surface area contributed by atoms with E-state index < -0.39 is 9.84 Å². The summed E-state index contributed by atoms with van der Waals surface area (Å²) in [7, 11) is -3.36. The van der Waals surface area contributed by atoms with Crippen LogP contribution >= 0.6 is 0 Å². The number of carbonyl (C=O) groups is 1. The van der Waals surface area contributed by atoms with E-state index in [0.717, 1.165) is 17.5 Å². The molecule has 0 heterocycles. The fourth-order valence-electron chi connectivity index (χ4n) is 3.54. The lowest BCUT2D eigenvalue weighted by Crippen LogP contribution is -2.35. The van der Waals surface area contributed by atoms with Crippen LogP contribution in [-0.4, -0.2) is 38.0 Å². The zero-order valence-corrected chi connectivity index (χ0v) is 19.5. The molecule has 0 radical (unpaired) electrons. The minimum atomic E-state index is -3.36. The van der Waals surface area contributed by atoms with Crippen molar-refractivity contribution < 1.29 is 13.2 Å². The van der Waals surface area contributed by atoms with Gasteiger partial charge < -0.3 is 16.0 Å². The van der Waals surface area contributed by atoms with Crippen LogP contribution in [0.25, 0.3) is 11.1 Å². The molecule has 3 aromatic carbocycles. The summed E-state index contributed by atoms with van der Waals surface area (Å²) in [5.41, 5.74) is 9.07. The van der Waals surface area contributed by atoms with E-state index in [2.05, 4.69) is 5.32 Å². The van der Waals surface area contributed by atoms with Crippen LogP contribution in [0.2, 0.25) is 0 Å².